The van der Waals surface area contributed by atoms with Gasteiger partial charge in [0.05, 0.1) is 10.1 Å². The fourth-order valence-electron chi connectivity index (χ4n) is 6.43. The minimum Gasteiger partial charge on any atom is -0.350 e. The number of rotatable bonds is 2. The number of alkyl halides is 2. The van der Waals surface area contributed by atoms with Crippen LogP contribution in [0.2, 0.25) is 0 Å². The predicted molar refractivity (Wildman–Crippen MR) is 101 cm³/mol. The fraction of sp³-hybridized carbons (Fsp3) is 0.579. The van der Waals surface area contributed by atoms with E-state index < -0.39 is 15.5 Å². The van der Waals surface area contributed by atoms with Crippen LogP contribution >= 0.6 is 46.4 Å². The van der Waals surface area contributed by atoms with Gasteiger partial charge >= 0.3 is 0 Å². The highest BCUT2D eigenvalue weighted by atomic mass is 35.5. The van der Waals surface area contributed by atoms with Crippen molar-refractivity contribution in [2.75, 3.05) is 14.2 Å². The molecule has 0 N–H and O–H groups in total. The molecular formula is C19H18Cl4O2. The van der Waals surface area contributed by atoms with Crippen LogP contribution in [0.1, 0.15) is 35.8 Å². The highest BCUT2D eigenvalue weighted by Gasteiger charge is 2.87. The van der Waals surface area contributed by atoms with Gasteiger partial charge in [0.1, 0.15) is 9.75 Å². The lowest BCUT2D eigenvalue weighted by Crippen LogP contribution is -2.57. The van der Waals surface area contributed by atoms with Gasteiger partial charge in [-0.25, -0.2) is 0 Å². The molecule has 0 aliphatic heterocycles. The molecule has 134 valence electrons. The lowest BCUT2D eigenvalue weighted by molar-refractivity contribution is -0.220. The van der Waals surface area contributed by atoms with Crippen molar-refractivity contribution in [3.63, 3.8) is 0 Å². The van der Waals surface area contributed by atoms with Gasteiger partial charge in [-0.05, 0) is 35.8 Å². The zero-order chi connectivity index (χ0) is 17.8. The van der Waals surface area contributed by atoms with Crippen LogP contribution in [-0.2, 0) is 9.47 Å². The Bertz CT molecular complexity index is 743. The molecule has 5 aliphatic rings. The zero-order valence-electron chi connectivity index (χ0n) is 13.9. The van der Waals surface area contributed by atoms with E-state index >= 15 is 0 Å². The van der Waals surface area contributed by atoms with Gasteiger partial charge in [0.25, 0.3) is 0 Å². The van der Waals surface area contributed by atoms with Crippen molar-refractivity contribution in [2.45, 2.75) is 40.2 Å². The maximum Gasteiger partial charge on any atom is 0.217 e. The van der Waals surface area contributed by atoms with Crippen molar-refractivity contribution >= 4 is 46.4 Å². The number of hydrogen-bond acceptors (Lipinski definition) is 2. The Morgan fingerprint density at radius 2 is 1.24 bits per heavy atom. The number of halogens is 4. The number of ether oxygens (including phenoxy) is 2. The highest BCUT2D eigenvalue weighted by Crippen LogP contribution is 2.80. The van der Waals surface area contributed by atoms with Gasteiger partial charge in [-0.3, -0.25) is 0 Å². The summed E-state index contributed by atoms with van der Waals surface area (Å²) in [6, 6.07) is 8.58. The third-order valence-corrected chi connectivity index (χ3v) is 9.76. The molecule has 6 atom stereocenters. The van der Waals surface area contributed by atoms with E-state index in [0.717, 1.165) is 12.8 Å². The van der Waals surface area contributed by atoms with Crippen LogP contribution < -0.4 is 0 Å². The van der Waals surface area contributed by atoms with E-state index in [4.69, 9.17) is 55.9 Å². The zero-order valence-corrected chi connectivity index (χ0v) is 16.9. The van der Waals surface area contributed by atoms with Gasteiger partial charge in [0, 0.05) is 26.1 Å². The Morgan fingerprint density at radius 1 is 0.840 bits per heavy atom. The quantitative estimate of drug-likeness (QED) is 0.461. The summed E-state index contributed by atoms with van der Waals surface area (Å²) < 4.78 is 11.8. The second kappa shape index (κ2) is 5.10. The summed E-state index contributed by atoms with van der Waals surface area (Å²) in [6.45, 7) is 0. The Kier molecular flexibility index (Phi) is 3.50. The summed E-state index contributed by atoms with van der Waals surface area (Å²) in [6.07, 6.45) is 2.13. The Morgan fingerprint density at radius 3 is 1.60 bits per heavy atom. The third kappa shape index (κ3) is 1.51. The SMILES string of the molecule is COC1(OC)[C@@]2(Cl)C(Cl)=C(Cl)[C@@]1(Cl)[C@@H]1[C@@H]2[C@H]2CC[C@H]1c1ccccc12. The minimum atomic E-state index is -1.28. The van der Waals surface area contributed by atoms with E-state index in [1.165, 1.54) is 11.1 Å². The standard InChI is InChI=1S/C19H18Cl4O2/c1-24-19(25-2)17(22)13-11-7-8-12(10-6-4-3-5-9(10)11)14(13)18(19,23)16(21)15(17)20/h3-6,11-14H,7-8H2,1-2H3/t11-,12-,13-,14-,17-,18-/m0/s1. The van der Waals surface area contributed by atoms with Crippen LogP contribution in [0.4, 0.5) is 0 Å². The van der Waals surface area contributed by atoms with Gasteiger partial charge in [0.2, 0.25) is 5.79 Å². The molecular weight excluding hydrogens is 402 g/mol. The maximum atomic E-state index is 7.28. The Balaban J connectivity index is 1.83. The molecule has 0 spiro atoms. The van der Waals surface area contributed by atoms with Gasteiger partial charge in [-0.1, -0.05) is 47.5 Å². The highest BCUT2D eigenvalue weighted by molar-refractivity contribution is 6.52. The van der Waals surface area contributed by atoms with E-state index in [1.807, 2.05) is 0 Å². The molecule has 6 rings (SSSR count). The van der Waals surface area contributed by atoms with Gasteiger partial charge in [-0.15, -0.1) is 23.2 Å². The second-order valence-electron chi connectivity index (χ2n) is 7.55. The maximum absolute atomic E-state index is 7.28. The van der Waals surface area contributed by atoms with Crippen molar-refractivity contribution in [1.29, 1.82) is 0 Å². The molecule has 0 radical (unpaired) electrons. The van der Waals surface area contributed by atoms with Crippen LogP contribution in [-0.4, -0.2) is 29.8 Å². The van der Waals surface area contributed by atoms with Crippen LogP contribution in [0.15, 0.2) is 34.3 Å². The first-order chi connectivity index (χ1) is 11.9. The van der Waals surface area contributed by atoms with Crippen LogP contribution in [0, 0.1) is 11.8 Å². The molecule has 1 aromatic rings. The Labute approximate surface area is 167 Å². The largest absolute Gasteiger partial charge is 0.350 e. The lowest BCUT2D eigenvalue weighted by Gasteiger charge is -2.53. The van der Waals surface area contributed by atoms with Crippen molar-refractivity contribution < 1.29 is 9.47 Å². The van der Waals surface area contributed by atoms with Crippen molar-refractivity contribution in [3.8, 4) is 0 Å². The van der Waals surface area contributed by atoms with Crippen LogP contribution in [0.5, 0.6) is 0 Å². The average Bonchev–Trinajstić information content (AvgIpc) is 2.92. The first kappa shape index (κ1) is 17.2. The summed E-state index contributed by atoms with van der Waals surface area (Å²) in [7, 11) is 3.15. The number of fused-ring (bicyclic) bond motifs is 3. The fourth-order valence-corrected chi connectivity index (χ4v) is 8.75. The molecule has 1 aromatic carbocycles. The predicted octanol–water partition coefficient (Wildman–Crippen LogP) is 5.55. The van der Waals surface area contributed by atoms with Crippen LogP contribution in [0.3, 0.4) is 0 Å². The first-order valence-electron chi connectivity index (χ1n) is 8.53. The molecule has 2 fully saturated rings. The number of benzene rings is 1. The molecule has 4 bridgehead atoms. The smallest absolute Gasteiger partial charge is 0.217 e. The Hall–Kier alpha value is 0.0400. The third-order valence-electron chi connectivity index (χ3n) is 7.12. The lowest BCUT2D eigenvalue weighted by atomic mass is 9.53. The molecule has 0 saturated heterocycles. The van der Waals surface area contributed by atoms with E-state index in [2.05, 4.69) is 24.3 Å². The van der Waals surface area contributed by atoms with Crippen molar-refractivity contribution in [2.24, 2.45) is 11.8 Å². The molecule has 2 nitrogen and oxygen atoms in total. The summed E-state index contributed by atoms with van der Waals surface area (Å²) in [5.74, 6) is -0.694. The van der Waals surface area contributed by atoms with Crippen molar-refractivity contribution in [3.05, 3.63) is 45.5 Å². The first-order valence-corrected chi connectivity index (χ1v) is 10.0. The summed E-state index contributed by atoms with van der Waals surface area (Å²) in [5.41, 5.74) is 2.71. The van der Waals surface area contributed by atoms with Crippen LogP contribution in [0.25, 0.3) is 0 Å². The monoisotopic (exact) mass is 418 g/mol. The second-order valence-corrected chi connectivity index (χ2v) is 9.50. The number of methoxy groups -OCH3 is 2. The van der Waals surface area contributed by atoms with E-state index in [-0.39, 0.29) is 23.7 Å². The van der Waals surface area contributed by atoms with E-state index in [9.17, 15) is 0 Å². The molecule has 25 heavy (non-hydrogen) atoms. The van der Waals surface area contributed by atoms with Crippen molar-refractivity contribution in [1.82, 2.24) is 0 Å². The summed E-state index contributed by atoms with van der Waals surface area (Å²) in [4.78, 5) is -2.17. The van der Waals surface area contributed by atoms with Gasteiger partial charge in [0.15, 0.2) is 0 Å². The average molecular weight is 420 g/mol. The molecule has 0 aromatic heterocycles. The molecule has 0 heterocycles. The molecule has 2 saturated carbocycles. The summed E-state index contributed by atoms with van der Waals surface area (Å²) >= 11 is 27.9. The number of hydrogen-bond donors (Lipinski definition) is 0. The van der Waals surface area contributed by atoms with Gasteiger partial charge < -0.3 is 9.47 Å². The van der Waals surface area contributed by atoms with E-state index in [1.54, 1.807) is 14.2 Å². The van der Waals surface area contributed by atoms with Gasteiger partial charge in [-0.2, -0.15) is 0 Å². The minimum absolute atomic E-state index is 0.0233. The topological polar surface area (TPSA) is 18.5 Å². The normalized spacial score (nSPS) is 45.7. The molecule has 6 heteroatoms. The molecule has 0 amide bonds. The summed E-state index contributed by atoms with van der Waals surface area (Å²) in [5, 5.41) is 0.752. The van der Waals surface area contributed by atoms with E-state index in [0.29, 0.717) is 10.1 Å². The molecule has 5 aliphatic carbocycles. The molecule has 0 unspecified atom stereocenters.